The first-order valence-electron chi connectivity index (χ1n) is 7.81. The van der Waals surface area contributed by atoms with E-state index in [1.165, 1.54) is 14.2 Å². The number of fused-ring (bicyclic) bond motifs is 1. The number of anilines is 1. The fourth-order valence-corrected chi connectivity index (χ4v) is 2.57. The second-order valence-electron chi connectivity index (χ2n) is 5.41. The Morgan fingerprint density at radius 3 is 2.52 bits per heavy atom. The minimum atomic E-state index is -0.698. The van der Waals surface area contributed by atoms with E-state index in [4.69, 9.17) is 4.42 Å². The van der Waals surface area contributed by atoms with E-state index >= 15 is 0 Å². The molecular weight excluding hydrogens is 416 g/mol. The molecule has 0 aliphatic rings. The summed E-state index contributed by atoms with van der Waals surface area (Å²) < 4.78 is 16.0. The zero-order valence-electron chi connectivity index (χ0n) is 14.5. The molecule has 0 amide bonds. The molecule has 1 aromatic heterocycles. The molecule has 3 rings (SSSR count). The van der Waals surface area contributed by atoms with Gasteiger partial charge in [-0.3, -0.25) is 0 Å². The van der Waals surface area contributed by atoms with Gasteiger partial charge in [0, 0.05) is 15.7 Å². The number of rotatable bonds is 5. The monoisotopic (exact) mass is 430 g/mol. The van der Waals surface area contributed by atoms with E-state index in [0.29, 0.717) is 22.7 Å². The van der Waals surface area contributed by atoms with Gasteiger partial charge in [0.05, 0.1) is 20.3 Å². The van der Waals surface area contributed by atoms with Gasteiger partial charge >= 0.3 is 11.9 Å². The van der Waals surface area contributed by atoms with Crippen molar-refractivity contribution < 1.29 is 23.5 Å². The summed E-state index contributed by atoms with van der Waals surface area (Å²) in [6.07, 6.45) is 1.02. The first-order chi connectivity index (χ1) is 13.0. The van der Waals surface area contributed by atoms with Gasteiger partial charge in [0.2, 0.25) is 5.89 Å². The maximum atomic E-state index is 11.8. The van der Waals surface area contributed by atoms with Crippen LogP contribution in [0.5, 0.6) is 0 Å². The smallest absolute Gasteiger partial charge is 0.354 e. The molecule has 0 aliphatic heterocycles. The number of benzene rings is 2. The number of hydrogen-bond donors (Lipinski definition) is 1. The third-order valence-corrected chi connectivity index (χ3v) is 4.16. The number of nitrogens with one attached hydrogen (secondary N) is 1. The molecule has 0 spiro atoms. The van der Waals surface area contributed by atoms with Crippen molar-refractivity contribution in [2.45, 2.75) is 0 Å². The molecule has 0 radical (unpaired) electrons. The van der Waals surface area contributed by atoms with E-state index in [2.05, 4.69) is 35.7 Å². The second kappa shape index (κ2) is 8.05. The summed E-state index contributed by atoms with van der Waals surface area (Å²) in [7, 11) is 2.44. The molecule has 1 heterocycles. The average molecular weight is 431 g/mol. The van der Waals surface area contributed by atoms with Gasteiger partial charge in [0.15, 0.2) is 5.58 Å². The molecule has 0 atom stereocenters. The Bertz CT molecular complexity index is 1020. The molecule has 138 valence electrons. The van der Waals surface area contributed by atoms with Crippen molar-refractivity contribution in [2.24, 2.45) is 0 Å². The Labute approximate surface area is 163 Å². The van der Waals surface area contributed by atoms with Crippen LogP contribution in [0.3, 0.4) is 0 Å². The molecule has 0 saturated heterocycles. The topological polar surface area (TPSA) is 90.7 Å². The highest BCUT2D eigenvalue weighted by molar-refractivity contribution is 9.10. The predicted octanol–water partition coefficient (Wildman–Crippen LogP) is 3.90. The number of ether oxygens (including phenoxy) is 2. The summed E-state index contributed by atoms with van der Waals surface area (Å²) in [5.74, 6) is -0.896. The van der Waals surface area contributed by atoms with Crippen LogP contribution < -0.4 is 5.32 Å². The Kier molecular flexibility index (Phi) is 5.56. The van der Waals surface area contributed by atoms with Gasteiger partial charge in [-0.15, -0.1) is 0 Å². The number of carbonyl (C=O) groups is 2. The minimum absolute atomic E-state index is 0.0553. The lowest BCUT2D eigenvalue weighted by molar-refractivity contribution is -0.138. The van der Waals surface area contributed by atoms with Crippen LogP contribution in [0.2, 0.25) is 0 Å². The number of esters is 2. The van der Waals surface area contributed by atoms with E-state index in [9.17, 15) is 9.59 Å². The van der Waals surface area contributed by atoms with Crippen molar-refractivity contribution in [3.63, 3.8) is 0 Å². The Hall–Kier alpha value is -3.13. The lowest BCUT2D eigenvalue weighted by atomic mass is 10.2. The summed E-state index contributed by atoms with van der Waals surface area (Å²) in [4.78, 5) is 27.8. The van der Waals surface area contributed by atoms with E-state index < -0.39 is 11.9 Å². The first kappa shape index (κ1) is 18.7. The zero-order valence-corrected chi connectivity index (χ0v) is 16.1. The fraction of sp³-hybridized carbons (Fsp3) is 0.105. The van der Waals surface area contributed by atoms with Crippen LogP contribution in [0.15, 0.2) is 63.1 Å². The van der Waals surface area contributed by atoms with Crippen molar-refractivity contribution in [1.82, 2.24) is 4.98 Å². The van der Waals surface area contributed by atoms with Gasteiger partial charge in [-0.05, 0) is 42.5 Å². The first-order valence-corrected chi connectivity index (χ1v) is 8.61. The molecule has 0 unspecified atom stereocenters. The van der Waals surface area contributed by atoms with Gasteiger partial charge in [0.1, 0.15) is 11.2 Å². The third-order valence-electron chi connectivity index (χ3n) is 3.63. The summed E-state index contributed by atoms with van der Waals surface area (Å²) in [6.45, 7) is 0. The number of nitrogens with zero attached hydrogens (tertiary/aromatic N) is 1. The van der Waals surface area contributed by atoms with E-state index in [-0.39, 0.29) is 5.70 Å². The predicted molar refractivity (Wildman–Crippen MR) is 103 cm³/mol. The van der Waals surface area contributed by atoms with Gasteiger partial charge in [-0.2, -0.15) is 0 Å². The Morgan fingerprint density at radius 1 is 1.11 bits per heavy atom. The van der Waals surface area contributed by atoms with Crippen LogP contribution in [-0.2, 0) is 19.1 Å². The molecule has 2 aromatic carbocycles. The molecule has 27 heavy (non-hydrogen) atoms. The van der Waals surface area contributed by atoms with Crippen molar-refractivity contribution >= 4 is 44.7 Å². The number of halogens is 1. The van der Waals surface area contributed by atoms with Crippen LogP contribution in [0.1, 0.15) is 0 Å². The normalized spacial score (nSPS) is 11.3. The summed E-state index contributed by atoms with van der Waals surface area (Å²) in [5.41, 5.74) is 2.51. The molecule has 0 bridgehead atoms. The molecule has 8 heteroatoms. The van der Waals surface area contributed by atoms with Crippen LogP contribution in [0.25, 0.3) is 22.6 Å². The van der Waals surface area contributed by atoms with Crippen LogP contribution >= 0.6 is 15.9 Å². The number of carbonyl (C=O) groups excluding carboxylic acids is 2. The van der Waals surface area contributed by atoms with E-state index in [1.54, 1.807) is 18.2 Å². The van der Waals surface area contributed by atoms with E-state index in [1.807, 2.05) is 24.3 Å². The number of oxazole rings is 1. The Balaban J connectivity index is 1.91. The summed E-state index contributed by atoms with van der Waals surface area (Å²) in [5, 5.41) is 2.84. The van der Waals surface area contributed by atoms with E-state index in [0.717, 1.165) is 16.1 Å². The number of hydrogen-bond acceptors (Lipinski definition) is 7. The maximum absolute atomic E-state index is 11.8. The average Bonchev–Trinajstić information content (AvgIpc) is 3.10. The number of aromatic nitrogens is 1. The maximum Gasteiger partial charge on any atom is 0.354 e. The summed E-state index contributed by atoms with van der Waals surface area (Å²) in [6, 6.07) is 12.7. The largest absolute Gasteiger partial charge is 0.466 e. The van der Waals surface area contributed by atoms with Crippen molar-refractivity contribution in [3.8, 4) is 11.5 Å². The molecule has 0 saturated carbocycles. The lowest BCUT2D eigenvalue weighted by Gasteiger charge is -2.08. The third kappa shape index (κ3) is 4.35. The van der Waals surface area contributed by atoms with Crippen molar-refractivity contribution in [3.05, 3.63) is 58.7 Å². The SMILES string of the molecule is COC(=O)/C=C(/Nc1ccc2oc(-c3ccc(Br)cc3)nc2c1)C(=O)OC. The standard InChI is InChI=1S/C19H15BrN2O5/c1-25-17(23)10-15(19(24)26-2)21-13-7-8-16-14(9-13)22-18(27-16)11-3-5-12(20)6-4-11/h3-10,21H,1-2H3/b15-10+. The second-order valence-corrected chi connectivity index (χ2v) is 6.32. The van der Waals surface area contributed by atoms with Crippen LogP contribution in [0.4, 0.5) is 5.69 Å². The molecule has 3 aromatic rings. The molecule has 0 aliphatic carbocycles. The molecular formula is C19H15BrN2O5. The highest BCUT2D eigenvalue weighted by atomic mass is 79.9. The lowest BCUT2D eigenvalue weighted by Crippen LogP contribution is -2.15. The summed E-state index contributed by atoms with van der Waals surface area (Å²) >= 11 is 3.39. The van der Waals surface area contributed by atoms with Crippen molar-refractivity contribution in [1.29, 1.82) is 0 Å². The molecule has 7 nitrogen and oxygen atoms in total. The van der Waals surface area contributed by atoms with Crippen LogP contribution in [0, 0.1) is 0 Å². The molecule has 1 N–H and O–H groups in total. The highest BCUT2D eigenvalue weighted by Crippen LogP contribution is 2.27. The Morgan fingerprint density at radius 2 is 1.85 bits per heavy atom. The van der Waals surface area contributed by atoms with Crippen LogP contribution in [-0.4, -0.2) is 31.1 Å². The molecule has 0 fully saturated rings. The minimum Gasteiger partial charge on any atom is -0.466 e. The zero-order chi connectivity index (χ0) is 19.4. The number of methoxy groups -OCH3 is 2. The fourth-order valence-electron chi connectivity index (χ4n) is 2.31. The quantitative estimate of drug-likeness (QED) is 0.484. The van der Waals surface area contributed by atoms with Gasteiger partial charge < -0.3 is 19.2 Å². The highest BCUT2D eigenvalue weighted by Gasteiger charge is 2.14. The van der Waals surface area contributed by atoms with Crippen molar-refractivity contribution in [2.75, 3.05) is 19.5 Å². The van der Waals surface area contributed by atoms with Gasteiger partial charge in [-0.25, -0.2) is 14.6 Å². The van der Waals surface area contributed by atoms with Gasteiger partial charge in [0.25, 0.3) is 0 Å². The van der Waals surface area contributed by atoms with Gasteiger partial charge in [-0.1, -0.05) is 15.9 Å².